The van der Waals surface area contributed by atoms with Crippen LogP contribution in [0, 0.1) is 0 Å². The largest absolute Gasteiger partial charge is 0.464 e. The third-order valence-corrected chi connectivity index (χ3v) is 3.45. The van der Waals surface area contributed by atoms with Gasteiger partial charge in [-0.3, -0.25) is 5.32 Å². The van der Waals surface area contributed by atoms with Crippen LogP contribution in [0.25, 0.3) is 0 Å². The number of carbonyl (C=O) groups is 1. The SMILES string of the molecule is CCOC(=O)C1(NC2CCCCC2)COC1. The van der Waals surface area contributed by atoms with Gasteiger partial charge in [-0.15, -0.1) is 0 Å². The summed E-state index contributed by atoms with van der Waals surface area (Å²) < 4.78 is 10.3. The van der Waals surface area contributed by atoms with Gasteiger partial charge in [0.1, 0.15) is 0 Å². The number of hydrogen-bond donors (Lipinski definition) is 1. The lowest BCUT2D eigenvalue weighted by Crippen LogP contribution is -2.68. The average Bonchev–Trinajstić information content (AvgIpc) is 2.25. The summed E-state index contributed by atoms with van der Waals surface area (Å²) in [5.74, 6) is -0.146. The summed E-state index contributed by atoms with van der Waals surface area (Å²) in [6.07, 6.45) is 6.18. The third-order valence-electron chi connectivity index (χ3n) is 3.45. The predicted molar refractivity (Wildman–Crippen MR) is 60.2 cm³/mol. The first-order valence-electron chi connectivity index (χ1n) is 6.29. The molecule has 2 fully saturated rings. The fourth-order valence-electron chi connectivity index (χ4n) is 2.47. The predicted octanol–water partition coefficient (Wildman–Crippen LogP) is 1.24. The van der Waals surface area contributed by atoms with Gasteiger partial charge in [0.15, 0.2) is 5.54 Å². The van der Waals surface area contributed by atoms with Crippen molar-refractivity contribution in [2.75, 3.05) is 19.8 Å². The zero-order valence-electron chi connectivity index (χ0n) is 9.96. The number of ether oxygens (including phenoxy) is 2. The first-order valence-corrected chi connectivity index (χ1v) is 6.29. The fourth-order valence-corrected chi connectivity index (χ4v) is 2.47. The smallest absolute Gasteiger partial charge is 0.331 e. The van der Waals surface area contributed by atoms with Crippen LogP contribution in [-0.2, 0) is 14.3 Å². The molecule has 0 bridgehead atoms. The Labute approximate surface area is 96.7 Å². The van der Waals surface area contributed by atoms with Crippen molar-refractivity contribution in [3.05, 3.63) is 0 Å². The van der Waals surface area contributed by atoms with Crippen LogP contribution in [0.2, 0.25) is 0 Å². The topological polar surface area (TPSA) is 47.6 Å². The van der Waals surface area contributed by atoms with Gasteiger partial charge in [0.2, 0.25) is 0 Å². The van der Waals surface area contributed by atoms with E-state index in [2.05, 4.69) is 5.32 Å². The third kappa shape index (κ3) is 2.38. The molecule has 1 saturated heterocycles. The van der Waals surface area contributed by atoms with Gasteiger partial charge in [0, 0.05) is 6.04 Å². The molecule has 0 aromatic carbocycles. The van der Waals surface area contributed by atoms with Gasteiger partial charge in [0.05, 0.1) is 19.8 Å². The van der Waals surface area contributed by atoms with E-state index >= 15 is 0 Å². The Balaban J connectivity index is 1.90. The number of rotatable bonds is 4. The highest BCUT2D eigenvalue weighted by molar-refractivity contribution is 5.82. The summed E-state index contributed by atoms with van der Waals surface area (Å²) in [5, 5.41) is 3.45. The van der Waals surface area contributed by atoms with Crippen molar-refractivity contribution in [2.45, 2.75) is 50.6 Å². The highest BCUT2D eigenvalue weighted by atomic mass is 16.6. The zero-order chi connectivity index (χ0) is 11.4. The lowest BCUT2D eigenvalue weighted by Gasteiger charge is -2.42. The molecule has 1 saturated carbocycles. The number of nitrogens with one attached hydrogen (secondary N) is 1. The molecule has 0 unspecified atom stereocenters. The monoisotopic (exact) mass is 227 g/mol. The van der Waals surface area contributed by atoms with Crippen LogP contribution >= 0.6 is 0 Å². The van der Waals surface area contributed by atoms with E-state index in [9.17, 15) is 4.79 Å². The molecule has 4 nitrogen and oxygen atoms in total. The minimum Gasteiger partial charge on any atom is -0.464 e. The van der Waals surface area contributed by atoms with Crippen LogP contribution in [0.3, 0.4) is 0 Å². The Morgan fingerprint density at radius 3 is 2.56 bits per heavy atom. The minimum atomic E-state index is -0.544. The summed E-state index contributed by atoms with van der Waals surface area (Å²) >= 11 is 0. The van der Waals surface area contributed by atoms with Crippen molar-refractivity contribution < 1.29 is 14.3 Å². The molecular weight excluding hydrogens is 206 g/mol. The maximum absolute atomic E-state index is 11.9. The second-order valence-corrected chi connectivity index (χ2v) is 4.77. The molecule has 0 aromatic rings. The van der Waals surface area contributed by atoms with Crippen LogP contribution in [0.5, 0.6) is 0 Å². The Bertz CT molecular complexity index is 245. The second kappa shape index (κ2) is 5.15. The molecule has 0 spiro atoms. The molecule has 1 aliphatic carbocycles. The highest BCUT2D eigenvalue weighted by Gasteiger charge is 2.48. The van der Waals surface area contributed by atoms with Crippen molar-refractivity contribution in [1.82, 2.24) is 5.32 Å². The van der Waals surface area contributed by atoms with E-state index in [1.807, 2.05) is 6.92 Å². The van der Waals surface area contributed by atoms with Crippen molar-refractivity contribution >= 4 is 5.97 Å². The van der Waals surface area contributed by atoms with Gasteiger partial charge < -0.3 is 9.47 Å². The highest BCUT2D eigenvalue weighted by Crippen LogP contribution is 2.25. The first-order chi connectivity index (χ1) is 7.77. The zero-order valence-corrected chi connectivity index (χ0v) is 9.96. The fraction of sp³-hybridized carbons (Fsp3) is 0.917. The van der Waals surface area contributed by atoms with Gasteiger partial charge in [-0.25, -0.2) is 4.79 Å². The normalized spacial score (nSPS) is 24.8. The quantitative estimate of drug-likeness (QED) is 0.734. The molecular formula is C12H21NO3. The first kappa shape index (κ1) is 11.9. The van der Waals surface area contributed by atoms with Crippen molar-refractivity contribution in [3.63, 3.8) is 0 Å². The van der Waals surface area contributed by atoms with Gasteiger partial charge in [-0.2, -0.15) is 0 Å². The molecule has 1 aliphatic heterocycles. The van der Waals surface area contributed by atoms with Gasteiger partial charge in [-0.1, -0.05) is 19.3 Å². The molecule has 1 heterocycles. The molecule has 1 N–H and O–H groups in total. The summed E-state index contributed by atoms with van der Waals surface area (Å²) in [6.45, 7) is 3.20. The Hall–Kier alpha value is -0.610. The van der Waals surface area contributed by atoms with E-state index in [4.69, 9.17) is 9.47 Å². The lowest BCUT2D eigenvalue weighted by molar-refractivity contribution is -0.173. The molecule has 4 heteroatoms. The minimum absolute atomic E-state index is 0.146. The molecule has 0 amide bonds. The van der Waals surface area contributed by atoms with Crippen molar-refractivity contribution in [1.29, 1.82) is 0 Å². The van der Waals surface area contributed by atoms with E-state index < -0.39 is 5.54 Å². The summed E-state index contributed by atoms with van der Waals surface area (Å²) in [4.78, 5) is 11.9. The van der Waals surface area contributed by atoms with Crippen LogP contribution in [0.4, 0.5) is 0 Å². The molecule has 2 rings (SSSR count). The van der Waals surface area contributed by atoms with E-state index in [0.717, 1.165) is 0 Å². The van der Waals surface area contributed by atoms with E-state index in [1.54, 1.807) is 0 Å². The maximum atomic E-state index is 11.9. The number of carbonyl (C=O) groups excluding carboxylic acids is 1. The lowest BCUT2D eigenvalue weighted by atomic mass is 9.90. The van der Waals surface area contributed by atoms with Gasteiger partial charge in [-0.05, 0) is 19.8 Å². The van der Waals surface area contributed by atoms with Gasteiger partial charge >= 0.3 is 5.97 Å². The number of hydrogen-bond acceptors (Lipinski definition) is 4. The summed E-state index contributed by atoms with van der Waals surface area (Å²) in [6, 6.07) is 0.460. The molecule has 0 aromatic heterocycles. The molecule has 2 aliphatic rings. The van der Waals surface area contributed by atoms with E-state index in [0.29, 0.717) is 25.9 Å². The van der Waals surface area contributed by atoms with Crippen LogP contribution in [0.1, 0.15) is 39.0 Å². The maximum Gasteiger partial charge on any atom is 0.331 e. The second-order valence-electron chi connectivity index (χ2n) is 4.77. The Morgan fingerprint density at radius 2 is 2.06 bits per heavy atom. The van der Waals surface area contributed by atoms with E-state index in [1.165, 1.54) is 32.1 Å². The van der Waals surface area contributed by atoms with E-state index in [-0.39, 0.29) is 5.97 Å². The Kier molecular flexibility index (Phi) is 3.82. The van der Waals surface area contributed by atoms with Gasteiger partial charge in [0.25, 0.3) is 0 Å². The average molecular weight is 227 g/mol. The van der Waals surface area contributed by atoms with Crippen LogP contribution < -0.4 is 5.32 Å². The van der Waals surface area contributed by atoms with Crippen molar-refractivity contribution in [3.8, 4) is 0 Å². The molecule has 0 radical (unpaired) electrons. The summed E-state index contributed by atoms with van der Waals surface area (Å²) in [5.41, 5.74) is -0.544. The number of esters is 1. The van der Waals surface area contributed by atoms with Crippen molar-refractivity contribution in [2.24, 2.45) is 0 Å². The summed E-state index contributed by atoms with van der Waals surface area (Å²) in [7, 11) is 0. The van der Waals surface area contributed by atoms with Crippen LogP contribution in [-0.4, -0.2) is 37.4 Å². The van der Waals surface area contributed by atoms with Crippen LogP contribution in [0.15, 0.2) is 0 Å². The standard InChI is InChI=1S/C12H21NO3/c1-2-16-11(14)12(8-15-9-12)13-10-6-4-3-5-7-10/h10,13H,2-9H2,1H3. The Morgan fingerprint density at radius 1 is 1.38 bits per heavy atom. The molecule has 92 valence electrons. The molecule has 0 atom stereocenters. The molecule has 16 heavy (non-hydrogen) atoms.